The van der Waals surface area contributed by atoms with Crippen LogP contribution in [0.4, 0.5) is 4.79 Å². The first-order valence-electron chi connectivity index (χ1n) is 5.92. The van der Waals surface area contributed by atoms with E-state index in [1.54, 1.807) is 0 Å². The van der Waals surface area contributed by atoms with Crippen LogP contribution in [0.5, 0.6) is 0 Å². The molecule has 1 aromatic carbocycles. The zero-order valence-electron chi connectivity index (χ0n) is 9.97. The van der Waals surface area contributed by atoms with Crippen LogP contribution >= 0.6 is 0 Å². The highest BCUT2D eigenvalue weighted by Gasteiger charge is 2.31. The lowest BCUT2D eigenvalue weighted by atomic mass is 9.96. The lowest BCUT2D eigenvalue weighted by Crippen LogP contribution is -2.39. The molecule has 1 aliphatic rings. The monoisotopic (exact) mass is 234 g/mol. The van der Waals surface area contributed by atoms with Gasteiger partial charge in [-0.15, -0.1) is 0 Å². The Bertz CT molecular complexity index is 402. The number of hydrogen-bond acceptors (Lipinski definition) is 2. The van der Waals surface area contributed by atoms with Crippen molar-refractivity contribution < 1.29 is 10.0 Å². The maximum Gasteiger partial charge on any atom is 0.338 e. The standard InChI is InChI=1S/C13H18N2O2/c1-9-2-4-10(5-3-9)11-6-7-12(8-11)15(17)13(14)16/h2-5,11-12,17H,6-8H2,1H3,(H2,14,16)/t11-,12-/m0/s1. The van der Waals surface area contributed by atoms with E-state index in [1.807, 2.05) is 0 Å². The molecule has 1 fully saturated rings. The van der Waals surface area contributed by atoms with E-state index in [9.17, 15) is 10.0 Å². The third-order valence-corrected chi connectivity index (χ3v) is 3.53. The smallest absolute Gasteiger partial charge is 0.338 e. The summed E-state index contributed by atoms with van der Waals surface area (Å²) < 4.78 is 0. The molecule has 2 amide bonds. The van der Waals surface area contributed by atoms with Crippen LogP contribution in [0.1, 0.15) is 36.3 Å². The van der Waals surface area contributed by atoms with E-state index < -0.39 is 6.03 Å². The second-order valence-corrected chi connectivity index (χ2v) is 4.76. The van der Waals surface area contributed by atoms with Crippen molar-refractivity contribution in [3.05, 3.63) is 35.4 Å². The van der Waals surface area contributed by atoms with E-state index in [0.29, 0.717) is 11.0 Å². The van der Waals surface area contributed by atoms with Gasteiger partial charge in [0, 0.05) is 0 Å². The molecule has 0 spiro atoms. The second kappa shape index (κ2) is 4.75. The number of benzene rings is 1. The molecule has 2 rings (SSSR count). The molecule has 0 bridgehead atoms. The molecular formula is C13H18N2O2. The summed E-state index contributed by atoms with van der Waals surface area (Å²) in [5.41, 5.74) is 7.57. The molecule has 4 heteroatoms. The predicted octanol–water partition coefficient (Wildman–Crippen LogP) is 2.40. The average molecular weight is 234 g/mol. The van der Waals surface area contributed by atoms with Crippen molar-refractivity contribution in [1.82, 2.24) is 5.06 Å². The van der Waals surface area contributed by atoms with E-state index in [2.05, 4.69) is 31.2 Å². The first-order valence-corrected chi connectivity index (χ1v) is 5.92. The zero-order valence-corrected chi connectivity index (χ0v) is 9.97. The number of carbonyl (C=O) groups is 1. The largest absolute Gasteiger partial charge is 0.350 e. The molecule has 0 heterocycles. The van der Waals surface area contributed by atoms with Gasteiger partial charge in [0.2, 0.25) is 0 Å². The summed E-state index contributed by atoms with van der Waals surface area (Å²) >= 11 is 0. The summed E-state index contributed by atoms with van der Waals surface area (Å²) in [6, 6.07) is 7.52. The van der Waals surface area contributed by atoms with Crippen molar-refractivity contribution in [2.45, 2.75) is 38.1 Å². The highest BCUT2D eigenvalue weighted by molar-refractivity contribution is 5.70. The maximum absolute atomic E-state index is 10.9. The minimum absolute atomic E-state index is 0.140. The molecule has 0 saturated heterocycles. The molecule has 1 aliphatic carbocycles. The molecule has 2 atom stereocenters. The molecule has 0 aromatic heterocycles. The molecule has 17 heavy (non-hydrogen) atoms. The Morgan fingerprint density at radius 2 is 2.00 bits per heavy atom. The Morgan fingerprint density at radius 3 is 2.59 bits per heavy atom. The highest BCUT2D eigenvalue weighted by Crippen LogP contribution is 2.36. The summed E-state index contributed by atoms with van der Waals surface area (Å²) in [6.07, 6.45) is 2.57. The SMILES string of the molecule is Cc1ccc([C@H]2CC[C@H](N(O)C(N)=O)C2)cc1. The number of hydroxylamine groups is 2. The third kappa shape index (κ3) is 2.58. The fraction of sp³-hybridized carbons (Fsp3) is 0.462. The van der Waals surface area contributed by atoms with Crippen molar-refractivity contribution in [2.75, 3.05) is 0 Å². The molecule has 0 radical (unpaired) electrons. The van der Waals surface area contributed by atoms with Gasteiger partial charge in [-0.05, 0) is 37.7 Å². The Labute approximate surface area is 101 Å². The summed E-state index contributed by atoms with van der Waals surface area (Å²) in [7, 11) is 0. The predicted molar refractivity (Wildman–Crippen MR) is 64.8 cm³/mol. The molecule has 0 aliphatic heterocycles. The first kappa shape index (κ1) is 11.9. The normalized spacial score (nSPS) is 23.6. The fourth-order valence-electron chi connectivity index (χ4n) is 2.50. The number of aryl methyl sites for hydroxylation is 1. The highest BCUT2D eigenvalue weighted by atomic mass is 16.5. The van der Waals surface area contributed by atoms with Gasteiger partial charge < -0.3 is 5.73 Å². The minimum atomic E-state index is -0.764. The Hall–Kier alpha value is -1.55. The zero-order chi connectivity index (χ0) is 12.4. The Balaban J connectivity index is 2.02. The molecule has 1 saturated carbocycles. The van der Waals surface area contributed by atoms with Gasteiger partial charge >= 0.3 is 6.03 Å². The van der Waals surface area contributed by atoms with Crippen LogP contribution in [-0.2, 0) is 0 Å². The summed E-state index contributed by atoms with van der Waals surface area (Å²) in [5.74, 6) is 0.412. The van der Waals surface area contributed by atoms with Crippen molar-refractivity contribution in [2.24, 2.45) is 5.73 Å². The maximum atomic E-state index is 10.9. The molecule has 0 unspecified atom stereocenters. The van der Waals surface area contributed by atoms with Gasteiger partial charge in [-0.3, -0.25) is 5.21 Å². The number of nitrogens with zero attached hydrogens (tertiary/aromatic N) is 1. The van der Waals surface area contributed by atoms with E-state index in [1.165, 1.54) is 11.1 Å². The van der Waals surface area contributed by atoms with E-state index >= 15 is 0 Å². The van der Waals surface area contributed by atoms with Crippen LogP contribution < -0.4 is 5.73 Å². The summed E-state index contributed by atoms with van der Waals surface area (Å²) in [5, 5.41) is 10.2. The van der Waals surface area contributed by atoms with Crippen molar-refractivity contribution in [1.29, 1.82) is 0 Å². The van der Waals surface area contributed by atoms with Gasteiger partial charge in [0.1, 0.15) is 0 Å². The van der Waals surface area contributed by atoms with Gasteiger partial charge in [0.25, 0.3) is 0 Å². The second-order valence-electron chi connectivity index (χ2n) is 4.76. The van der Waals surface area contributed by atoms with Gasteiger partial charge in [-0.25, -0.2) is 9.86 Å². The van der Waals surface area contributed by atoms with E-state index in [4.69, 9.17) is 5.73 Å². The lowest BCUT2D eigenvalue weighted by Gasteiger charge is -2.19. The van der Waals surface area contributed by atoms with Crippen LogP contribution in [0.15, 0.2) is 24.3 Å². The number of primary amides is 1. The fourth-order valence-corrected chi connectivity index (χ4v) is 2.50. The molecule has 1 aromatic rings. The van der Waals surface area contributed by atoms with Gasteiger partial charge in [0.05, 0.1) is 6.04 Å². The van der Waals surface area contributed by atoms with Crippen LogP contribution in [0.2, 0.25) is 0 Å². The van der Waals surface area contributed by atoms with E-state index in [0.717, 1.165) is 19.3 Å². The topological polar surface area (TPSA) is 66.6 Å². The van der Waals surface area contributed by atoms with Gasteiger partial charge in [-0.1, -0.05) is 29.8 Å². The van der Waals surface area contributed by atoms with Crippen molar-refractivity contribution in [3.63, 3.8) is 0 Å². The Kier molecular flexibility index (Phi) is 3.33. The molecule has 4 nitrogen and oxygen atoms in total. The van der Waals surface area contributed by atoms with Crippen LogP contribution in [0, 0.1) is 6.92 Å². The van der Waals surface area contributed by atoms with Crippen molar-refractivity contribution in [3.8, 4) is 0 Å². The number of urea groups is 1. The minimum Gasteiger partial charge on any atom is -0.350 e. The quantitative estimate of drug-likeness (QED) is 0.609. The summed E-state index contributed by atoms with van der Waals surface area (Å²) in [6.45, 7) is 2.06. The molecular weight excluding hydrogens is 216 g/mol. The molecule has 3 N–H and O–H groups in total. The summed E-state index contributed by atoms with van der Waals surface area (Å²) in [4.78, 5) is 10.9. The van der Waals surface area contributed by atoms with E-state index in [-0.39, 0.29) is 6.04 Å². The Morgan fingerprint density at radius 1 is 1.35 bits per heavy atom. The number of rotatable bonds is 2. The number of hydrogen-bond donors (Lipinski definition) is 2. The van der Waals surface area contributed by atoms with Gasteiger partial charge in [0.15, 0.2) is 0 Å². The van der Waals surface area contributed by atoms with Crippen LogP contribution in [0.3, 0.4) is 0 Å². The van der Waals surface area contributed by atoms with Crippen LogP contribution in [-0.4, -0.2) is 22.3 Å². The number of amides is 2. The molecule has 92 valence electrons. The average Bonchev–Trinajstić information content (AvgIpc) is 2.78. The van der Waals surface area contributed by atoms with Crippen LogP contribution in [0.25, 0.3) is 0 Å². The van der Waals surface area contributed by atoms with Crippen molar-refractivity contribution >= 4 is 6.03 Å². The van der Waals surface area contributed by atoms with Gasteiger partial charge in [-0.2, -0.15) is 0 Å². The number of nitrogens with two attached hydrogens (primary N) is 1. The number of carbonyl (C=O) groups excluding carboxylic acids is 1. The lowest BCUT2D eigenvalue weighted by molar-refractivity contribution is -0.0730. The first-order chi connectivity index (χ1) is 8.08. The third-order valence-electron chi connectivity index (χ3n) is 3.53.